The van der Waals surface area contributed by atoms with Crippen molar-refractivity contribution in [2.45, 2.75) is 18.6 Å². The van der Waals surface area contributed by atoms with Crippen LogP contribution in [0.1, 0.15) is 5.56 Å². The van der Waals surface area contributed by atoms with Crippen LogP contribution in [0.4, 0.5) is 4.79 Å². The molecular weight excluding hydrogens is 204 g/mol. The van der Waals surface area contributed by atoms with Crippen LogP contribution in [0.5, 0.6) is 0 Å². The van der Waals surface area contributed by atoms with Gasteiger partial charge in [-0.3, -0.25) is 0 Å². The van der Waals surface area contributed by atoms with Gasteiger partial charge in [0.1, 0.15) is 0 Å². The fraction of sp³-hybridized carbons (Fsp3) is 0.417. The second-order valence-electron chi connectivity index (χ2n) is 3.92. The van der Waals surface area contributed by atoms with Crippen LogP contribution in [0, 0.1) is 0 Å². The summed E-state index contributed by atoms with van der Waals surface area (Å²) in [6, 6.07) is 10.0. The van der Waals surface area contributed by atoms with Crippen molar-refractivity contribution >= 4 is 6.03 Å². The number of urea groups is 1. The molecule has 0 saturated carbocycles. The number of amides is 2. The van der Waals surface area contributed by atoms with Gasteiger partial charge in [-0.25, -0.2) is 4.79 Å². The van der Waals surface area contributed by atoms with Gasteiger partial charge in [0.15, 0.2) is 0 Å². The van der Waals surface area contributed by atoms with E-state index in [1.165, 1.54) is 5.56 Å². The number of carbonyl (C=O) groups excluding carboxylic acids is 1. The van der Waals surface area contributed by atoms with Crippen LogP contribution in [0.2, 0.25) is 0 Å². The number of hydrogen-bond acceptors (Lipinski definition) is 2. The van der Waals surface area contributed by atoms with Gasteiger partial charge in [-0.2, -0.15) is 0 Å². The molecule has 0 aliphatic carbocycles. The van der Waals surface area contributed by atoms with E-state index in [0.29, 0.717) is 6.54 Å². The monoisotopic (exact) mass is 220 g/mol. The molecule has 0 unspecified atom stereocenters. The Bertz CT molecular complexity index is 353. The Balaban J connectivity index is 2.03. The van der Waals surface area contributed by atoms with E-state index in [1.54, 1.807) is 7.11 Å². The molecule has 2 N–H and O–H groups in total. The summed E-state index contributed by atoms with van der Waals surface area (Å²) in [5.74, 6) is 0. The van der Waals surface area contributed by atoms with E-state index >= 15 is 0 Å². The molecule has 1 aliphatic heterocycles. The molecule has 4 nitrogen and oxygen atoms in total. The number of rotatable bonds is 3. The Morgan fingerprint density at radius 3 is 2.81 bits per heavy atom. The topological polar surface area (TPSA) is 50.4 Å². The van der Waals surface area contributed by atoms with E-state index < -0.39 is 0 Å². The summed E-state index contributed by atoms with van der Waals surface area (Å²) in [6.07, 6.45) is 0.824. The normalized spacial score (nSPS) is 24.7. The van der Waals surface area contributed by atoms with E-state index in [1.807, 2.05) is 18.2 Å². The minimum absolute atomic E-state index is 0.0258. The van der Waals surface area contributed by atoms with Crippen molar-refractivity contribution in [2.75, 3.05) is 13.7 Å². The average Bonchev–Trinajstić information content (AvgIpc) is 2.31. The molecule has 0 bridgehead atoms. The molecule has 0 spiro atoms. The highest BCUT2D eigenvalue weighted by Crippen LogP contribution is 2.10. The molecule has 4 heteroatoms. The van der Waals surface area contributed by atoms with Gasteiger partial charge in [0.05, 0.1) is 12.1 Å². The van der Waals surface area contributed by atoms with E-state index in [-0.39, 0.29) is 18.2 Å². The third-order valence-corrected chi connectivity index (χ3v) is 2.83. The maximum absolute atomic E-state index is 11.2. The summed E-state index contributed by atoms with van der Waals surface area (Å²) in [7, 11) is 1.67. The quantitative estimate of drug-likeness (QED) is 0.796. The highest BCUT2D eigenvalue weighted by Gasteiger charge is 2.28. The van der Waals surface area contributed by atoms with E-state index in [9.17, 15) is 4.79 Å². The predicted octanol–water partition coefficient (Wildman–Crippen LogP) is 0.925. The number of carbonyl (C=O) groups is 1. The lowest BCUT2D eigenvalue weighted by molar-refractivity contribution is 0.0615. The van der Waals surface area contributed by atoms with Crippen LogP contribution >= 0.6 is 0 Å². The summed E-state index contributed by atoms with van der Waals surface area (Å²) < 4.78 is 5.35. The van der Waals surface area contributed by atoms with Crippen molar-refractivity contribution in [2.24, 2.45) is 0 Å². The van der Waals surface area contributed by atoms with Crippen molar-refractivity contribution in [3.8, 4) is 0 Å². The van der Waals surface area contributed by atoms with Crippen molar-refractivity contribution in [1.29, 1.82) is 0 Å². The summed E-state index contributed by atoms with van der Waals surface area (Å²) in [6.45, 7) is 0.569. The summed E-state index contributed by atoms with van der Waals surface area (Å²) in [5.41, 5.74) is 1.21. The van der Waals surface area contributed by atoms with Crippen molar-refractivity contribution in [3.05, 3.63) is 35.9 Å². The second-order valence-corrected chi connectivity index (χ2v) is 3.92. The molecule has 86 valence electrons. The van der Waals surface area contributed by atoms with Crippen LogP contribution in [-0.4, -0.2) is 31.8 Å². The van der Waals surface area contributed by atoms with Crippen LogP contribution in [0.15, 0.2) is 30.3 Å². The summed E-state index contributed by atoms with van der Waals surface area (Å²) >= 11 is 0. The Morgan fingerprint density at radius 2 is 2.12 bits per heavy atom. The van der Waals surface area contributed by atoms with Gasteiger partial charge >= 0.3 is 6.03 Å². The van der Waals surface area contributed by atoms with Crippen molar-refractivity contribution < 1.29 is 9.53 Å². The molecule has 2 atom stereocenters. The van der Waals surface area contributed by atoms with Crippen molar-refractivity contribution in [3.63, 3.8) is 0 Å². The number of methoxy groups -OCH3 is 1. The number of benzene rings is 1. The highest BCUT2D eigenvalue weighted by atomic mass is 16.5. The molecule has 0 aromatic heterocycles. The molecular formula is C12H16N2O2. The van der Waals surface area contributed by atoms with Crippen LogP contribution in [0.3, 0.4) is 0 Å². The first-order valence-electron chi connectivity index (χ1n) is 5.40. The lowest BCUT2D eigenvalue weighted by Crippen LogP contribution is -2.59. The first-order chi connectivity index (χ1) is 7.79. The third-order valence-electron chi connectivity index (χ3n) is 2.83. The average molecular weight is 220 g/mol. The lowest BCUT2D eigenvalue weighted by Gasteiger charge is -2.31. The Kier molecular flexibility index (Phi) is 3.41. The summed E-state index contributed by atoms with van der Waals surface area (Å²) in [4.78, 5) is 11.2. The predicted molar refractivity (Wildman–Crippen MR) is 61.3 cm³/mol. The zero-order chi connectivity index (χ0) is 11.4. The molecule has 16 heavy (non-hydrogen) atoms. The molecule has 1 aromatic rings. The fourth-order valence-corrected chi connectivity index (χ4v) is 1.95. The van der Waals surface area contributed by atoms with Gasteiger partial charge in [0.2, 0.25) is 0 Å². The van der Waals surface area contributed by atoms with Gasteiger partial charge in [0, 0.05) is 13.7 Å². The smallest absolute Gasteiger partial charge is 0.315 e. The van der Waals surface area contributed by atoms with Crippen molar-refractivity contribution in [1.82, 2.24) is 10.6 Å². The number of hydrogen-bond donors (Lipinski definition) is 2. The Hall–Kier alpha value is -1.55. The SMILES string of the molecule is CO[C@H]1CNC(=O)N[C@H]1Cc1ccccc1. The van der Waals surface area contributed by atoms with E-state index in [2.05, 4.69) is 22.8 Å². The lowest BCUT2D eigenvalue weighted by atomic mass is 10.00. The zero-order valence-corrected chi connectivity index (χ0v) is 9.27. The Labute approximate surface area is 95.0 Å². The molecule has 1 saturated heterocycles. The maximum Gasteiger partial charge on any atom is 0.315 e. The van der Waals surface area contributed by atoms with Gasteiger partial charge in [0.25, 0.3) is 0 Å². The maximum atomic E-state index is 11.2. The highest BCUT2D eigenvalue weighted by molar-refractivity contribution is 5.75. The van der Waals surface area contributed by atoms with Crippen LogP contribution in [-0.2, 0) is 11.2 Å². The molecule has 2 amide bonds. The van der Waals surface area contributed by atoms with E-state index in [4.69, 9.17) is 4.74 Å². The largest absolute Gasteiger partial charge is 0.377 e. The minimum Gasteiger partial charge on any atom is -0.377 e. The zero-order valence-electron chi connectivity index (χ0n) is 9.27. The molecule has 1 aromatic carbocycles. The van der Waals surface area contributed by atoms with Crippen LogP contribution < -0.4 is 10.6 Å². The van der Waals surface area contributed by atoms with E-state index in [0.717, 1.165) is 6.42 Å². The Morgan fingerprint density at radius 1 is 1.38 bits per heavy atom. The minimum atomic E-state index is -0.116. The molecule has 1 aliphatic rings. The first kappa shape index (κ1) is 11.0. The molecule has 1 fully saturated rings. The number of ether oxygens (including phenoxy) is 1. The van der Waals surface area contributed by atoms with Gasteiger partial charge in [-0.05, 0) is 12.0 Å². The fourth-order valence-electron chi connectivity index (χ4n) is 1.95. The molecule has 0 radical (unpaired) electrons. The number of nitrogens with one attached hydrogen (secondary N) is 2. The third kappa shape index (κ3) is 2.52. The standard InChI is InChI=1S/C12H16N2O2/c1-16-11-8-13-12(15)14-10(11)7-9-5-3-2-4-6-9/h2-6,10-11H,7-8H2,1H3,(H2,13,14,15)/t10-,11-/m0/s1. The molecule has 2 rings (SSSR count). The second kappa shape index (κ2) is 4.99. The summed E-state index contributed by atoms with van der Waals surface area (Å²) in [5, 5.41) is 5.61. The van der Waals surface area contributed by atoms with Gasteiger partial charge in [-0.1, -0.05) is 30.3 Å². The first-order valence-corrected chi connectivity index (χ1v) is 5.40. The van der Waals surface area contributed by atoms with Gasteiger partial charge < -0.3 is 15.4 Å². The van der Waals surface area contributed by atoms with Gasteiger partial charge in [-0.15, -0.1) is 0 Å². The van der Waals surface area contributed by atoms with Crippen LogP contribution in [0.25, 0.3) is 0 Å². The molecule has 1 heterocycles.